The first kappa shape index (κ1) is 14.0. The number of rotatable bonds is 3. The average Bonchev–Trinajstić information content (AvgIpc) is 2.99. The van der Waals surface area contributed by atoms with E-state index in [2.05, 4.69) is 20.9 Å². The predicted molar refractivity (Wildman–Crippen MR) is 87.7 cm³/mol. The number of hydrogen-bond donors (Lipinski definition) is 4. The lowest BCUT2D eigenvalue weighted by Crippen LogP contribution is -2.33. The summed E-state index contributed by atoms with van der Waals surface area (Å²) in [4.78, 5) is 18.8. The minimum Gasteiger partial charge on any atom is -0.375 e. The second-order valence-electron chi connectivity index (χ2n) is 5.01. The molecule has 0 fully saturated rings. The second kappa shape index (κ2) is 5.79. The van der Waals surface area contributed by atoms with Crippen molar-refractivity contribution in [2.24, 2.45) is 4.99 Å². The Hall–Kier alpha value is -2.98. The minimum absolute atomic E-state index is 0.0320. The predicted octanol–water partition coefficient (Wildman–Crippen LogP) is 2.25. The largest absolute Gasteiger partial charge is 0.375 e. The minimum atomic E-state index is -0.0320. The molecule has 1 atom stereocenters. The van der Waals surface area contributed by atoms with E-state index in [1.54, 1.807) is 0 Å². The van der Waals surface area contributed by atoms with Gasteiger partial charge in [0.1, 0.15) is 17.5 Å². The van der Waals surface area contributed by atoms with Gasteiger partial charge in [-0.25, -0.2) is 4.79 Å². The Morgan fingerprint density at radius 1 is 1.23 bits per heavy atom. The highest BCUT2D eigenvalue weighted by molar-refractivity contribution is 6.08. The highest BCUT2D eigenvalue weighted by Crippen LogP contribution is 2.26. The molecule has 3 rings (SSSR count). The van der Waals surface area contributed by atoms with Gasteiger partial charge >= 0.3 is 0 Å². The van der Waals surface area contributed by atoms with Crippen LogP contribution >= 0.6 is 0 Å². The van der Waals surface area contributed by atoms with Gasteiger partial charge in [-0.2, -0.15) is 0 Å². The quantitative estimate of drug-likeness (QED) is 0.655. The Morgan fingerprint density at radius 3 is 2.68 bits per heavy atom. The summed E-state index contributed by atoms with van der Waals surface area (Å²) in [6, 6.07) is 11.9. The number of aromatic amines is 1. The Labute approximate surface area is 128 Å². The normalized spacial score (nSPS) is 16.3. The van der Waals surface area contributed by atoms with Crippen molar-refractivity contribution in [1.29, 1.82) is 0 Å². The molecule has 0 saturated carbocycles. The number of fused-ring (bicyclic) bond motifs is 1. The number of nitrogens with zero attached hydrogens (tertiary/aromatic N) is 1. The molecule has 0 aliphatic carbocycles. The van der Waals surface area contributed by atoms with Crippen LogP contribution in [-0.4, -0.2) is 23.8 Å². The lowest BCUT2D eigenvalue weighted by atomic mass is 10.1. The smallest absolute Gasteiger partial charge is 0.197 e. The third-order valence-corrected chi connectivity index (χ3v) is 3.54. The third kappa shape index (κ3) is 2.60. The van der Waals surface area contributed by atoms with Gasteiger partial charge in [0.2, 0.25) is 0 Å². The number of aromatic nitrogens is 1. The van der Waals surface area contributed by atoms with Crippen LogP contribution in [0.1, 0.15) is 24.1 Å². The van der Waals surface area contributed by atoms with Crippen molar-refractivity contribution in [3.63, 3.8) is 0 Å². The van der Waals surface area contributed by atoms with Gasteiger partial charge < -0.3 is 20.9 Å². The molecule has 1 aliphatic rings. The van der Waals surface area contributed by atoms with Crippen LogP contribution < -0.4 is 16.0 Å². The van der Waals surface area contributed by atoms with Crippen LogP contribution in [0.3, 0.4) is 0 Å². The Kier molecular flexibility index (Phi) is 3.68. The molecule has 1 aromatic heterocycles. The molecule has 6 heteroatoms. The van der Waals surface area contributed by atoms with Gasteiger partial charge in [-0.1, -0.05) is 30.3 Å². The Bertz CT molecular complexity index is 756. The molecule has 0 bridgehead atoms. The van der Waals surface area contributed by atoms with E-state index < -0.39 is 0 Å². The Balaban J connectivity index is 2.00. The summed E-state index contributed by atoms with van der Waals surface area (Å²) in [7, 11) is 1.82. The molecule has 0 radical (unpaired) electrons. The molecule has 4 N–H and O–H groups in total. The molecule has 6 nitrogen and oxygen atoms in total. The molecule has 2 aromatic rings. The number of nitrogens with one attached hydrogen (secondary N) is 4. The highest BCUT2D eigenvalue weighted by atomic mass is 16.1. The van der Waals surface area contributed by atoms with Crippen molar-refractivity contribution in [3.05, 3.63) is 53.3 Å². The maximum atomic E-state index is 11.0. The summed E-state index contributed by atoms with van der Waals surface area (Å²) in [6.45, 7) is 2.02. The molecular weight excluding hydrogens is 278 g/mol. The van der Waals surface area contributed by atoms with E-state index in [-0.39, 0.29) is 11.9 Å². The molecule has 1 unspecified atom stereocenters. The first-order valence-corrected chi connectivity index (χ1v) is 7.04. The number of amidine groups is 1. The summed E-state index contributed by atoms with van der Waals surface area (Å²) >= 11 is 0. The van der Waals surface area contributed by atoms with Crippen molar-refractivity contribution in [2.45, 2.75) is 13.0 Å². The molecular formula is C16H17N5O. The van der Waals surface area contributed by atoms with Crippen LogP contribution in [0.15, 0.2) is 47.2 Å². The van der Waals surface area contributed by atoms with Crippen LogP contribution in [0, 0.1) is 0 Å². The van der Waals surface area contributed by atoms with Crippen molar-refractivity contribution in [1.82, 2.24) is 10.3 Å². The summed E-state index contributed by atoms with van der Waals surface area (Å²) in [6.07, 6.45) is 0. The van der Waals surface area contributed by atoms with Crippen LogP contribution in [0.5, 0.6) is 0 Å². The van der Waals surface area contributed by atoms with Gasteiger partial charge in [0.15, 0.2) is 11.8 Å². The van der Waals surface area contributed by atoms with Crippen molar-refractivity contribution in [3.8, 4) is 0 Å². The number of aliphatic imine (C=N–C) groups is 1. The maximum Gasteiger partial charge on any atom is 0.197 e. The lowest BCUT2D eigenvalue weighted by Gasteiger charge is -2.20. The van der Waals surface area contributed by atoms with E-state index in [9.17, 15) is 4.79 Å². The van der Waals surface area contributed by atoms with E-state index in [4.69, 9.17) is 4.99 Å². The zero-order chi connectivity index (χ0) is 15.5. The zero-order valence-electron chi connectivity index (χ0n) is 12.4. The van der Waals surface area contributed by atoms with Crippen molar-refractivity contribution >= 4 is 23.4 Å². The molecule has 2 heterocycles. The molecule has 1 aliphatic heterocycles. The summed E-state index contributed by atoms with van der Waals surface area (Å²) in [5.41, 5.74) is 1.99. The number of H-pyrrole nitrogens is 1. The van der Waals surface area contributed by atoms with E-state index in [1.807, 2.05) is 56.3 Å². The molecule has 22 heavy (non-hydrogen) atoms. The fourth-order valence-electron chi connectivity index (χ4n) is 2.37. The monoisotopic (exact) mass is 295 g/mol. The maximum absolute atomic E-state index is 11.0. The SMILES string of the molecule is CNc1cc2c([nH]1)NC(=C=O)NC2=NC(C)c1ccccc1. The van der Waals surface area contributed by atoms with Gasteiger partial charge in [0, 0.05) is 7.05 Å². The van der Waals surface area contributed by atoms with Crippen LogP contribution in [-0.2, 0) is 4.79 Å². The van der Waals surface area contributed by atoms with Gasteiger partial charge in [0.05, 0.1) is 11.6 Å². The third-order valence-electron chi connectivity index (χ3n) is 3.54. The number of anilines is 2. The van der Waals surface area contributed by atoms with Gasteiger partial charge in [-0.05, 0) is 18.6 Å². The molecule has 0 spiro atoms. The molecule has 1 aromatic carbocycles. The number of benzene rings is 1. The van der Waals surface area contributed by atoms with Crippen LogP contribution in [0.25, 0.3) is 0 Å². The standard InChI is InChI=1S/C16H17N5O/c1-10(11-6-4-3-5-7-11)18-15-12-8-13(17-2)19-16(12)21-14(9-22)20-15/h3-8,10,17,19,21H,1-2H3,(H,18,20). The molecule has 0 saturated heterocycles. The highest BCUT2D eigenvalue weighted by Gasteiger charge is 2.22. The van der Waals surface area contributed by atoms with E-state index >= 15 is 0 Å². The van der Waals surface area contributed by atoms with Crippen LogP contribution in [0.4, 0.5) is 11.6 Å². The zero-order valence-corrected chi connectivity index (χ0v) is 12.4. The Morgan fingerprint density at radius 2 is 2.00 bits per heavy atom. The fourth-order valence-corrected chi connectivity index (χ4v) is 2.37. The fraction of sp³-hybridized carbons (Fsp3) is 0.188. The average molecular weight is 295 g/mol. The lowest BCUT2D eigenvalue weighted by molar-refractivity contribution is 0.566. The summed E-state index contributed by atoms with van der Waals surface area (Å²) in [5.74, 6) is 4.29. The van der Waals surface area contributed by atoms with E-state index in [1.165, 1.54) is 0 Å². The molecule has 0 amide bonds. The van der Waals surface area contributed by atoms with E-state index in [0.717, 1.165) is 22.8 Å². The van der Waals surface area contributed by atoms with Gasteiger partial charge in [-0.15, -0.1) is 0 Å². The van der Waals surface area contributed by atoms with Crippen molar-refractivity contribution in [2.75, 3.05) is 17.7 Å². The second-order valence-corrected chi connectivity index (χ2v) is 5.01. The van der Waals surface area contributed by atoms with Gasteiger partial charge in [-0.3, -0.25) is 4.99 Å². The summed E-state index contributed by atoms with van der Waals surface area (Å²) in [5, 5.41) is 8.97. The first-order chi connectivity index (χ1) is 10.7. The van der Waals surface area contributed by atoms with Crippen molar-refractivity contribution < 1.29 is 4.79 Å². The topological polar surface area (TPSA) is 81.3 Å². The van der Waals surface area contributed by atoms with Gasteiger partial charge in [0.25, 0.3) is 0 Å². The molecule has 112 valence electrons. The first-order valence-electron chi connectivity index (χ1n) is 7.04. The summed E-state index contributed by atoms with van der Waals surface area (Å²) < 4.78 is 0. The number of carbonyl (C=O) groups excluding carboxylic acids is 1. The number of hydrogen-bond acceptors (Lipinski definition) is 4. The van der Waals surface area contributed by atoms with E-state index in [0.29, 0.717) is 5.84 Å². The van der Waals surface area contributed by atoms with Crippen LogP contribution in [0.2, 0.25) is 0 Å².